The number of benzene rings is 1. The van der Waals surface area contributed by atoms with Gasteiger partial charge >= 0.3 is 0 Å². The van der Waals surface area contributed by atoms with Crippen molar-refractivity contribution in [1.29, 1.82) is 10.5 Å². The van der Waals surface area contributed by atoms with Crippen molar-refractivity contribution >= 4 is 17.4 Å². The molecular formula is C16H13ClN4O2. The molecule has 3 aliphatic rings. The van der Waals surface area contributed by atoms with Crippen molar-refractivity contribution in [3.63, 3.8) is 0 Å². The van der Waals surface area contributed by atoms with Crippen molar-refractivity contribution in [2.24, 2.45) is 21.6 Å². The molecule has 2 aliphatic heterocycles. The summed E-state index contributed by atoms with van der Waals surface area (Å²) in [6.45, 7) is 2.11. The maximum absolute atomic E-state index is 9.98. The molecule has 1 aromatic rings. The molecule has 1 spiro atoms. The second-order valence-corrected chi connectivity index (χ2v) is 6.52. The van der Waals surface area contributed by atoms with Crippen LogP contribution in [0.2, 0.25) is 5.02 Å². The average Bonchev–Trinajstić information content (AvgIpc) is 2.91. The Kier molecular flexibility index (Phi) is 2.67. The Balaban J connectivity index is 1.95. The Bertz CT molecular complexity index is 828. The van der Waals surface area contributed by atoms with Crippen molar-refractivity contribution < 1.29 is 9.47 Å². The van der Waals surface area contributed by atoms with E-state index < -0.39 is 22.7 Å². The number of amidine groups is 1. The van der Waals surface area contributed by atoms with Crippen LogP contribution in [0.1, 0.15) is 18.4 Å². The molecule has 1 saturated heterocycles. The zero-order chi connectivity index (χ0) is 16.5. The molecule has 1 aliphatic carbocycles. The van der Waals surface area contributed by atoms with Gasteiger partial charge in [-0.2, -0.15) is 10.5 Å². The number of aliphatic imine (C=N–C) groups is 1. The second kappa shape index (κ2) is 4.24. The molecule has 2 fully saturated rings. The van der Waals surface area contributed by atoms with Crippen molar-refractivity contribution in [3.05, 3.63) is 34.9 Å². The maximum Gasteiger partial charge on any atom is 0.293 e. The van der Waals surface area contributed by atoms with E-state index in [0.29, 0.717) is 10.6 Å². The number of nitrogens with zero attached hydrogens (tertiary/aromatic N) is 3. The Morgan fingerprint density at radius 1 is 1.35 bits per heavy atom. The van der Waals surface area contributed by atoms with Gasteiger partial charge in [-0.15, -0.1) is 0 Å². The van der Waals surface area contributed by atoms with Gasteiger partial charge in [-0.1, -0.05) is 29.8 Å². The van der Waals surface area contributed by atoms with Crippen LogP contribution in [0.5, 0.6) is 0 Å². The normalized spacial score (nSPS) is 43.6. The van der Waals surface area contributed by atoms with Crippen LogP contribution in [-0.2, 0) is 9.47 Å². The minimum absolute atomic E-state index is 0.0700. The number of rotatable bonds is 1. The fraction of sp³-hybridized carbons (Fsp3) is 0.438. The summed E-state index contributed by atoms with van der Waals surface area (Å²) in [5, 5.41) is 20.3. The Labute approximate surface area is 138 Å². The highest BCUT2D eigenvalue weighted by Crippen LogP contribution is 2.82. The Morgan fingerprint density at radius 3 is 2.65 bits per heavy atom. The van der Waals surface area contributed by atoms with E-state index in [1.165, 1.54) is 0 Å². The number of nitrogens with two attached hydrogens (primary N) is 1. The summed E-state index contributed by atoms with van der Waals surface area (Å²) in [6.07, 6.45) is -0.237. The number of halogens is 1. The van der Waals surface area contributed by atoms with E-state index >= 15 is 0 Å². The lowest BCUT2D eigenvalue weighted by atomic mass is 9.94. The number of fused-ring (bicyclic) bond motifs is 2. The highest BCUT2D eigenvalue weighted by molar-refractivity contribution is 6.31. The van der Waals surface area contributed by atoms with Crippen LogP contribution in [0.15, 0.2) is 29.3 Å². The molecule has 1 saturated carbocycles. The van der Waals surface area contributed by atoms with Gasteiger partial charge in [0.25, 0.3) is 5.91 Å². The number of hydrogen-bond acceptors (Lipinski definition) is 6. The molecule has 0 bridgehead atoms. The molecule has 116 valence electrons. The lowest BCUT2D eigenvalue weighted by Gasteiger charge is -2.26. The van der Waals surface area contributed by atoms with E-state index in [2.05, 4.69) is 17.1 Å². The van der Waals surface area contributed by atoms with Gasteiger partial charge in [0.05, 0.1) is 24.8 Å². The molecule has 2 N–H and O–H groups in total. The van der Waals surface area contributed by atoms with Crippen LogP contribution < -0.4 is 5.73 Å². The second-order valence-electron chi connectivity index (χ2n) is 6.11. The van der Waals surface area contributed by atoms with Crippen molar-refractivity contribution in [2.75, 3.05) is 6.61 Å². The largest absolute Gasteiger partial charge is 0.386 e. The molecule has 23 heavy (non-hydrogen) atoms. The third-order valence-electron chi connectivity index (χ3n) is 5.02. The topological polar surface area (TPSA) is 104 Å². The smallest absolute Gasteiger partial charge is 0.293 e. The minimum Gasteiger partial charge on any atom is -0.386 e. The van der Waals surface area contributed by atoms with Crippen LogP contribution in [-0.4, -0.2) is 24.5 Å². The SMILES string of the molecule is C[C@@H]1CO[C@]2(N=C(N)[C@@]3(C#N)[C@@H](c4ccccc4Cl)[C@@]23C#N)O1. The highest BCUT2D eigenvalue weighted by atomic mass is 35.5. The predicted octanol–water partition coefficient (Wildman–Crippen LogP) is 1.92. The van der Waals surface area contributed by atoms with E-state index in [9.17, 15) is 10.5 Å². The summed E-state index contributed by atoms with van der Waals surface area (Å²) < 4.78 is 11.6. The Hall–Kier alpha value is -2.12. The van der Waals surface area contributed by atoms with Gasteiger partial charge in [-0.05, 0) is 18.6 Å². The van der Waals surface area contributed by atoms with Crippen molar-refractivity contribution in [3.8, 4) is 12.1 Å². The molecule has 5 atom stereocenters. The van der Waals surface area contributed by atoms with Gasteiger partial charge < -0.3 is 15.2 Å². The van der Waals surface area contributed by atoms with Gasteiger partial charge in [0.15, 0.2) is 5.41 Å². The fourth-order valence-electron chi connectivity index (χ4n) is 4.04. The van der Waals surface area contributed by atoms with Gasteiger partial charge in [-0.3, -0.25) is 0 Å². The summed E-state index contributed by atoms with van der Waals surface area (Å²) in [6, 6.07) is 11.6. The Morgan fingerprint density at radius 2 is 2.09 bits per heavy atom. The standard InChI is InChI=1S/C16H13ClN4O2/c1-9-6-22-16(23-9)15(8-19)12(10-4-2-3-5-11(10)17)14(15,7-18)13(20)21-16/h2-5,9,12H,6H2,1H3,(H2,20,21)/t9-,12-,14-,15-,16+/m1/s1. The number of ether oxygens (including phenoxy) is 2. The summed E-state index contributed by atoms with van der Waals surface area (Å²) in [5.74, 6) is -2.01. The first kappa shape index (κ1) is 14.5. The zero-order valence-corrected chi connectivity index (χ0v) is 13.0. The predicted molar refractivity (Wildman–Crippen MR) is 81.1 cm³/mol. The van der Waals surface area contributed by atoms with E-state index in [-0.39, 0.29) is 18.5 Å². The summed E-state index contributed by atoms with van der Waals surface area (Å²) >= 11 is 6.30. The molecule has 2 heterocycles. The molecule has 6 nitrogen and oxygen atoms in total. The third kappa shape index (κ3) is 1.34. The van der Waals surface area contributed by atoms with E-state index in [4.69, 9.17) is 26.8 Å². The molecule has 0 unspecified atom stereocenters. The van der Waals surface area contributed by atoms with Crippen molar-refractivity contribution in [2.45, 2.75) is 24.9 Å². The number of hydrogen-bond donors (Lipinski definition) is 1. The number of nitriles is 2. The first-order chi connectivity index (χ1) is 11.0. The van der Waals surface area contributed by atoms with Crippen LogP contribution in [0.25, 0.3) is 0 Å². The summed E-state index contributed by atoms with van der Waals surface area (Å²) in [5.41, 5.74) is 4.15. The molecule has 0 radical (unpaired) electrons. The molecule has 4 rings (SSSR count). The van der Waals surface area contributed by atoms with E-state index in [1.54, 1.807) is 18.2 Å². The summed E-state index contributed by atoms with van der Waals surface area (Å²) in [7, 11) is 0. The maximum atomic E-state index is 9.98. The van der Waals surface area contributed by atoms with Gasteiger partial charge in [0.1, 0.15) is 11.3 Å². The van der Waals surface area contributed by atoms with Crippen molar-refractivity contribution in [1.82, 2.24) is 0 Å². The van der Waals surface area contributed by atoms with Crippen LogP contribution >= 0.6 is 11.6 Å². The van der Waals surface area contributed by atoms with Crippen LogP contribution in [0.4, 0.5) is 0 Å². The van der Waals surface area contributed by atoms with E-state index in [1.807, 2.05) is 13.0 Å². The quantitative estimate of drug-likeness (QED) is 0.848. The first-order valence-corrected chi connectivity index (χ1v) is 7.61. The minimum atomic E-state index is -1.54. The average molecular weight is 329 g/mol. The monoisotopic (exact) mass is 328 g/mol. The van der Waals surface area contributed by atoms with E-state index in [0.717, 1.165) is 0 Å². The third-order valence-corrected chi connectivity index (χ3v) is 5.36. The van der Waals surface area contributed by atoms with Gasteiger partial charge in [-0.25, -0.2) is 4.99 Å². The highest BCUT2D eigenvalue weighted by Gasteiger charge is 2.94. The van der Waals surface area contributed by atoms with Crippen LogP contribution in [0.3, 0.4) is 0 Å². The molecule has 0 aromatic heterocycles. The lowest BCUT2D eigenvalue weighted by molar-refractivity contribution is -0.193. The molecule has 7 heteroatoms. The van der Waals surface area contributed by atoms with Gasteiger partial charge in [0.2, 0.25) is 0 Å². The zero-order valence-electron chi connectivity index (χ0n) is 12.3. The first-order valence-electron chi connectivity index (χ1n) is 7.23. The molecule has 1 aromatic carbocycles. The van der Waals surface area contributed by atoms with Gasteiger partial charge in [0, 0.05) is 10.9 Å². The molecule has 0 amide bonds. The summed E-state index contributed by atoms with van der Waals surface area (Å²) in [4.78, 5) is 4.25. The molecular weight excluding hydrogens is 316 g/mol. The van der Waals surface area contributed by atoms with Crippen LogP contribution in [0, 0.1) is 33.5 Å². The lowest BCUT2D eigenvalue weighted by Crippen LogP contribution is -2.39. The fourth-order valence-corrected chi connectivity index (χ4v) is 4.28.